The molecule has 1 aromatic rings. The van der Waals surface area contributed by atoms with Gasteiger partial charge in [-0.1, -0.05) is 18.2 Å². The van der Waals surface area contributed by atoms with Crippen molar-refractivity contribution in [3.63, 3.8) is 0 Å². The normalized spacial score (nSPS) is 20.9. The third-order valence-corrected chi connectivity index (χ3v) is 4.60. The van der Waals surface area contributed by atoms with Gasteiger partial charge in [0.15, 0.2) is 0 Å². The maximum Gasteiger partial charge on any atom is 0.233 e. The molecule has 1 aliphatic carbocycles. The molecule has 1 fully saturated rings. The first kappa shape index (κ1) is 13.7. The molecule has 1 amide bonds. The predicted octanol–water partition coefficient (Wildman–Crippen LogP) is 3.17. The van der Waals surface area contributed by atoms with Crippen LogP contribution in [0.5, 0.6) is 5.75 Å². The molecule has 3 nitrogen and oxygen atoms in total. The average molecular weight is 294 g/mol. The van der Waals surface area contributed by atoms with E-state index in [0.717, 1.165) is 37.1 Å². The van der Waals surface area contributed by atoms with Crippen LogP contribution in [0.15, 0.2) is 24.3 Å². The van der Waals surface area contributed by atoms with Crippen LogP contribution in [-0.2, 0) is 4.79 Å². The Bertz CT molecular complexity index is 487. The molecule has 1 aromatic carbocycles. The van der Waals surface area contributed by atoms with Crippen LogP contribution in [0, 0.1) is 0 Å². The number of benzene rings is 1. The molecule has 0 N–H and O–H groups in total. The van der Waals surface area contributed by atoms with Crippen LogP contribution < -0.4 is 4.74 Å². The van der Waals surface area contributed by atoms with E-state index < -0.39 is 0 Å². The van der Waals surface area contributed by atoms with Crippen molar-refractivity contribution in [2.75, 3.05) is 19.0 Å². The fourth-order valence-corrected chi connectivity index (χ4v) is 3.09. The van der Waals surface area contributed by atoms with E-state index in [1.165, 1.54) is 6.42 Å². The van der Waals surface area contributed by atoms with Crippen molar-refractivity contribution in [3.8, 4) is 5.75 Å². The number of halogens is 1. The molecular formula is C16H20ClNO2. The van der Waals surface area contributed by atoms with Crippen LogP contribution in [0.1, 0.15) is 37.2 Å². The van der Waals surface area contributed by atoms with Crippen molar-refractivity contribution in [3.05, 3.63) is 29.8 Å². The highest BCUT2D eigenvalue weighted by Crippen LogP contribution is 2.36. The first-order valence-corrected chi connectivity index (χ1v) is 7.93. The fraction of sp³-hybridized carbons (Fsp3) is 0.562. The van der Waals surface area contributed by atoms with Crippen LogP contribution in [-0.4, -0.2) is 35.9 Å². The second-order valence-corrected chi connectivity index (χ2v) is 5.94. The Morgan fingerprint density at radius 3 is 2.85 bits per heavy atom. The lowest BCUT2D eigenvalue weighted by Gasteiger charge is -2.38. The van der Waals surface area contributed by atoms with E-state index in [0.29, 0.717) is 18.5 Å². The van der Waals surface area contributed by atoms with Gasteiger partial charge in [-0.3, -0.25) is 4.79 Å². The standard InChI is InChI=1S/C16H20ClNO2/c17-9-4-10-18(12-5-3-6-12)16(19)14-11-20-15-8-2-1-7-13(14)15/h1-2,7-8,12,14H,3-6,9-11H2. The van der Waals surface area contributed by atoms with Crippen LogP contribution >= 0.6 is 11.6 Å². The maximum absolute atomic E-state index is 12.9. The highest BCUT2D eigenvalue weighted by molar-refractivity contribution is 6.17. The molecule has 108 valence electrons. The van der Waals surface area contributed by atoms with Gasteiger partial charge in [-0.25, -0.2) is 0 Å². The van der Waals surface area contributed by atoms with Gasteiger partial charge in [-0.05, 0) is 31.7 Å². The molecule has 1 atom stereocenters. The molecule has 0 aromatic heterocycles. The van der Waals surface area contributed by atoms with Crippen molar-refractivity contribution < 1.29 is 9.53 Å². The van der Waals surface area contributed by atoms with E-state index in [2.05, 4.69) is 0 Å². The number of rotatable bonds is 5. The summed E-state index contributed by atoms with van der Waals surface area (Å²) in [5.74, 6) is 1.54. The summed E-state index contributed by atoms with van der Waals surface area (Å²) in [6.45, 7) is 1.24. The Morgan fingerprint density at radius 2 is 2.15 bits per heavy atom. The molecule has 1 aliphatic heterocycles. The second-order valence-electron chi connectivity index (χ2n) is 5.56. The van der Waals surface area contributed by atoms with Gasteiger partial charge in [-0.15, -0.1) is 11.6 Å². The summed E-state index contributed by atoms with van der Waals surface area (Å²) in [5.41, 5.74) is 1.03. The highest BCUT2D eigenvalue weighted by Gasteiger charge is 2.37. The topological polar surface area (TPSA) is 29.5 Å². The number of carbonyl (C=O) groups excluding carboxylic acids is 1. The van der Waals surface area contributed by atoms with Gasteiger partial charge in [0.25, 0.3) is 0 Å². The smallest absolute Gasteiger partial charge is 0.233 e. The Hall–Kier alpha value is -1.22. The van der Waals surface area contributed by atoms with E-state index in [9.17, 15) is 4.79 Å². The number of fused-ring (bicyclic) bond motifs is 1. The Balaban J connectivity index is 1.76. The number of para-hydroxylation sites is 1. The van der Waals surface area contributed by atoms with E-state index in [-0.39, 0.29) is 11.8 Å². The highest BCUT2D eigenvalue weighted by atomic mass is 35.5. The molecule has 0 radical (unpaired) electrons. The lowest BCUT2D eigenvalue weighted by molar-refractivity contribution is -0.137. The Morgan fingerprint density at radius 1 is 1.35 bits per heavy atom. The molecule has 0 saturated heterocycles. The number of nitrogens with zero attached hydrogens (tertiary/aromatic N) is 1. The van der Waals surface area contributed by atoms with Gasteiger partial charge in [-0.2, -0.15) is 0 Å². The van der Waals surface area contributed by atoms with E-state index >= 15 is 0 Å². The minimum atomic E-state index is -0.137. The summed E-state index contributed by atoms with van der Waals surface area (Å²) in [6, 6.07) is 8.28. The van der Waals surface area contributed by atoms with Gasteiger partial charge in [0.05, 0.1) is 0 Å². The first-order valence-electron chi connectivity index (χ1n) is 7.39. The molecule has 1 saturated carbocycles. The monoisotopic (exact) mass is 293 g/mol. The second kappa shape index (κ2) is 6.04. The lowest BCUT2D eigenvalue weighted by Crippen LogP contribution is -2.47. The van der Waals surface area contributed by atoms with Crippen LogP contribution in [0.3, 0.4) is 0 Å². The third-order valence-electron chi connectivity index (χ3n) is 4.33. The molecular weight excluding hydrogens is 274 g/mol. The van der Waals surface area contributed by atoms with Gasteiger partial charge in [0.1, 0.15) is 18.3 Å². The number of amides is 1. The molecule has 1 unspecified atom stereocenters. The van der Waals surface area contributed by atoms with Crippen molar-refractivity contribution >= 4 is 17.5 Å². The molecule has 4 heteroatoms. The average Bonchev–Trinajstić information content (AvgIpc) is 2.84. The zero-order valence-corrected chi connectivity index (χ0v) is 12.3. The molecule has 1 heterocycles. The van der Waals surface area contributed by atoms with Gasteiger partial charge < -0.3 is 9.64 Å². The van der Waals surface area contributed by atoms with Crippen molar-refractivity contribution in [1.82, 2.24) is 4.90 Å². The summed E-state index contributed by atoms with van der Waals surface area (Å²) in [6.07, 6.45) is 4.35. The van der Waals surface area contributed by atoms with Crippen molar-refractivity contribution in [2.45, 2.75) is 37.6 Å². The molecule has 3 rings (SSSR count). The van der Waals surface area contributed by atoms with E-state index in [1.54, 1.807) is 0 Å². The Kier molecular flexibility index (Phi) is 4.16. The van der Waals surface area contributed by atoms with Crippen molar-refractivity contribution in [2.24, 2.45) is 0 Å². The predicted molar refractivity (Wildman–Crippen MR) is 79.4 cm³/mol. The third kappa shape index (κ3) is 2.51. The summed E-state index contributed by atoms with van der Waals surface area (Å²) in [4.78, 5) is 14.9. The quantitative estimate of drug-likeness (QED) is 0.781. The molecule has 0 bridgehead atoms. The van der Waals surface area contributed by atoms with Crippen LogP contribution in [0.25, 0.3) is 0 Å². The SMILES string of the molecule is O=C(C1COc2ccccc21)N(CCCCl)C1CCC1. The number of carbonyl (C=O) groups is 1. The number of hydrogen-bond donors (Lipinski definition) is 0. The Labute approximate surface area is 124 Å². The molecule has 0 spiro atoms. The maximum atomic E-state index is 12.9. The van der Waals surface area contributed by atoms with Gasteiger partial charge >= 0.3 is 0 Å². The molecule has 20 heavy (non-hydrogen) atoms. The number of alkyl halides is 1. The zero-order chi connectivity index (χ0) is 13.9. The summed E-state index contributed by atoms with van der Waals surface area (Å²) >= 11 is 5.79. The van der Waals surface area contributed by atoms with Gasteiger partial charge in [0, 0.05) is 24.0 Å². The number of hydrogen-bond acceptors (Lipinski definition) is 2. The lowest BCUT2D eigenvalue weighted by atomic mass is 9.89. The minimum Gasteiger partial charge on any atom is -0.492 e. The number of ether oxygens (including phenoxy) is 1. The zero-order valence-electron chi connectivity index (χ0n) is 11.6. The van der Waals surface area contributed by atoms with Crippen molar-refractivity contribution in [1.29, 1.82) is 0 Å². The summed E-state index contributed by atoms with van der Waals surface area (Å²) < 4.78 is 5.64. The van der Waals surface area contributed by atoms with E-state index in [4.69, 9.17) is 16.3 Å². The first-order chi connectivity index (χ1) is 9.81. The van der Waals surface area contributed by atoms with Crippen LogP contribution in [0.4, 0.5) is 0 Å². The van der Waals surface area contributed by atoms with Gasteiger partial charge in [0.2, 0.25) is 5.91 Å². The fourth-order valence-electron chi connectivity index (χ4n) is 2.97. The molecule has 2 aliphatic rings. The minimum absolute atomic E-state index is 0.137. The summed E-state index contributed by atoms with van der Waals surface area (Å²) in [7, 11) is 0. The van der Waals surface area contributed by atoms with E-state index in [1.807, 2.05) is 29.2 Å². The van der Waals surface area contributed by atoms with Crippen LogP contribution in [0.2, 0.25) is 0 Å². The largest absolute Gasteiger partial charge is 0.492 e. The summed E-state index contributed by atoms with van der Waals surface area (Å²) in [5, 5.41) is 0.